The first-order valence-corrected chi connectivity index (χ1v) is 11.5. The summed E-state index contributed by atoms with van der Waals surface area (Å²) in [5.41, 5.74) is 2.29. The fourth-order valence-electron chi connectivity index (χ4n) is 4.56. The second-order valence-corrected chi connectivity index (χ2v) is 9.21. The van der Waals surface area contributed by atoms with Crippen LogP contribution in [0.25, 0.3) is 22.0 Å². The van der Waals surface area contributed by atoms with E-state index in [9.17, 15) is 9.18 Å². The summed E-state index contributed by atoms with van der Waals surface area (Å²) in [7, 11) is 0. The minimum Gasteiger partial charge on any atom is -0.303 e. The predicted molar refractivity (Wildman–Crippen MR) is 125 cm³/mol. The molecule has 164 valence electrons. The highest BCUT2D eigenvalue weighted by Crippen LogP contribution is 2.27. The molecule has 2 heterocycles. The summed E-state index contributed by atoms with van der Waals surface area (Å²) in [6, 6.07) is 10.3. The average Bonchev–Trinajstić information content (AvgIpc) is 2.77. The molecular formula is C25H29ClFN3O. The molecule has 0 spiro atoms. The van der Waals surface area contributed by atoms with Crippen molar-refractivity contribution in [2.75, 3.05) is 19.6 Å². The highest BCUT2D eigenvalue weighted by atomic mass is 35.5. The lowest BCUT2D eigenvalue weighted by Gasteiger charge is -2.32. The third-order valence-electron chi connectivity index (χ3n) is 6.24. The van der Waals surface area contributed by atoms with Gasteiger partial charge in [0.1, 0.15) is 11.6 Å². The second kappa shape index (κ2) is 9.09. The van der Waals surface area contributed by atoms with E-state index in [2.05, 4.69) is 25.7 Å². The van der Waals surface area contributed by atoms with Gasteiger partial charge in [0.15, 0.2) is 0 Å². The maximum Gasteiger partial charge on any atom is 0.261 e. The van der Waals surface area contributed by atoms with Crippen LogP contribution < -0.4 is 5.56 Å². The van der Waals surface area contributed by atoms with Crippen molar-refractivity contribution in [3.8, 4) is 11.1 Å². The second-order valence-electron chi connectivity index (χ2n) is 8.80. The van der Waals surface area contributed by atoms with Crippen LogP contribution in [0.15, 0.2) is 41.2 Å². The van der Waals surface area contributed by atoms with Gasteiger partial charge in [-0.15, -0.1) is 0 Å². The number of benzene rings is 2. The van der Waals surface area contributed by atoms with Gasteiger partial charge in [-0.05, 0) is 67.2 Å². The number of nitrogens with zero attached hydrogens (tertiary/aromatic N) is 3. The predicted octanol–water partition coefficient (Wildman–Crippen LogP) is 5.71. The molecule has 4 rings (SSSR count). The fourth-order valence-corrected chi connectivity index (χ4v) is 4.74. The van der Waals surface area contributed by atoms with E-state index in [1.54, 1.807) is 12.1 Å². The fraction of sp³-hybridized carbons (Fsp3) is 0.440. The molecule has 0 radical (unpaired) electrons. The summed E-state index contributed by atoms with van der Waals surface area (Å²) in [5.74, 6) is 0.981. The monoisotopic (exact) mass is 441 g/mol. The molecule has 1 fully saturated rings. The molecule has 0 aliphatic carbocycles. The molecule has 0 saturated carbocycles. The van der Waals surface area contributed by atoms with E-state index in [1.807, 2.05) is 22.8 Å². The molecule has 1 saturated heterocycles. The van der Waals surface area contributed by atoms with E-state index in [0.717, 1.165) is 43.0 Å². The van der Waals surface area contributed by atoms with Crippen LogP contribution in [0.1, 0.15) is 45.4 Å². The zero-order valence-electron chi connectivity index (χ0n) is 18.4. The molecule has 0 unspecified atom stereocenters. The van der Waals surface area contributed by atoms with Crippen molar-refractivity contribution < 1.29 is 4.39 Å². The van der Waals surface area contributed by atoms with Crippen LogP contribution in [0.5, 0.6) is 0 Å². The topological polar surface area (TPSA) is 38.1 Å². The van der Waals surface area contributed by atoms with E-state index >= 15 is 0 Å². The number of halogens is 2. The first-order chi connectivity index (χ1) is 14.9. The molecule has 31 heavy (non-hydrogen) atoms. The lowest BCUT2D eigenvalue weighted by Crippen LogP contribution is -2.39. The molecule has 0 N–H and O–H groups in total. The summed E-state index contributed by atoms with van der Waals surface area (Å²) in [6.45, 7) is 10.2. The van der Waals surface area contributed by atoms with Gasteiger partial charge in [0.25, 0.3) is 5.56 Å². The van der Waals surface area contributed by atoms with E-state index in [1.165, 1.54) is 12.5 Å². The normalized spacial score (nSPS) is 17.5. The quantitative estimate of drug-likeness (QED) is 0.508. The maximum absolute atomic E-state index is 13.6. The van der Waals surface area contributed by atoms with Crippen LogP contribution in [-0.4, -0.2) is 34.1 Å². The SMILES string of the molecule is CCN1CCC[C@H](Cn2c(C(C)C)nc3ccc(-c4ccc(F)c(Cl)c4)cc3c2=O)C1. The number of hydrogen-bond donors (Lipinski definition) is 0. The third-order valence-corrected chi connectivity index (χ3v) is 6.53. The van der Waals surface area contributed by atoms with E-state index < -0.39 is 5.82 Å². The van der Waals surface area contributed by atoms with E-state index in [-0.39, 0.29) is 16.5 Å². The van der Waals surface area contributed by atoms with Crippen molar-refractivity contribution >= 4 is 22.5 Å². The average molecular weight is 442 g/mol. The lowest BCUT2D eigenvalue weighted by molar-refractivity contribution is 0.168. The lowest BCUT2D eigenvalue weighted by atomic mass is 9.97. The van der Waals surface area contributed by atoms with Crippen LogP contribution >= 0.6 is 11.6 Å². The smallest absolute Gasteiger partial charge is 0.261 e. The minimum atomic E-state index is -0.453. The number of likely N-dealkylation sites (tertiary alicyclic amines) is 1. The molecule has 1 aliphatic rings. The standard InChI is InChI=1S/C25H29ClFN3O/c1-4-29-11-5-6-17(14-29)15-30-24(16(2)3)28-23-10-8-18(12-20(23)25(30)31)19-7-9-22(27)21(26)13-19/h7-10,12-13,16-17H,4-6,11,14-15H2,1-3H3/t17-/m0/s1. The van der Waals surface area contributed by atoms with Crippen LogP contribution in [0, 0.1) is 11.7 Å². The number of rotatable bonds is 5. The Kier molecular flexibility index (Phi) is 6.44. The summed E-state index contributed by atoms with van der Waals surface area (Å²) in [4.78, 5) is 20.9. The molecule has 2 aromatic carbocycles. The Labute approximate surface area is 187 Å². The Morgan fingerprint density at radius 3 is 2.65 bits per heavy atom. The van der Waals surface area contributed by atoms with Crippen LogP contribution in [0.2, 0.25) is 5.02 Å². The molecule has 6 heteroatoms. The minimum absolute atomic E-state index is 0.00243. The van der Waals surface area contributed by atoms with Crippen molar-refractivity contribution in [3.05, 3.63) is 63.4 Å². The Hall–Kier alpha value is -2.24. The summed E-state index contributed by atoms with van der Waals surface area (Å²) in [5, 5.41) is 0.659. The molecule has 0 bridgehead atoms. The van der Waals surface area contributed by atoms with Crippen molar-refractivity contribution in [2.45, 2.75) is 46.1 Å². The van der Waals surface area contributed by atoms with Gasteiger partial charge in [0.2, 0.25) is 0 Å². The van der Waals surface area contributed by atoms with Crippen molar-refractivity contribution in [1.82, 2.24) is 14.5 Å². The molecule has 1 aromatic heterocycles. The maximum atomic E-state index is 13.6. The van der Waals surface area contributed by atoms with Crippen molar-refractivity contribution in [3.63, 3.8) is 0 Å². The number of piperidine rings is 1. The first-order valence-electron chi connectivity index (χ1n) is 11.1. The molecule has 0 amide bonds. The van der Waals surface area contributed by atoms with Gasteiger partial charge < -0.3 is 4.90 Å². The molecular weight excluding hydrogens is 413 g/mol. The largest absolute Gasteiger partial charge is 0.303 e. The molecule has 4 nitrogen and oxygen atoms in total. The van der Waals surface area contributed by atoms with Gasteiger partial charge in [-0.2, -0.15) is 0 Å². The molecule has 3 aromatic rings. The van der Waals surface area contributed by atoms with E-state index in [0.29, 0.717) is 23.4 Å². The zero-order chi connectivity index (χ0) is 22.1. The first kappa shape index (κ1) is 22.0. The van der Waals surface area contributed by atoms with Gasteiger partial charge in [0.05, 0.1) is 15.9 Å². The van der Waals surface area contributed by atoms with Gasteiger partial charge in [-0.1, -0.05) is 44.5 Å². The van der Waals surface area contributed by atoms with Crippen molar-refractivity contribution in [2.24, 2.45) is 5.92 Å². The van der Waals surface area contributed by atoms with E-state index in [4.69, 9.17) is 16.6 Å². The van der Waals surface area contributed by atoms with Gasteiger partial charge in [-0.25, -0.2) is 9.37 Å². The Morgan fingerprint density at radius 1 is 1.19 bits per heavy atom. The van der Waals surface area contributed by atoms with Gasteiger partial charge in [0, 0.05) is 19.0 Å². The highest BCUT2D eigenvalue weighted by molar-refractivity contribution is 6.31. The number of fused-ring (bicyclic) bond motifs is 1. The van der Waals surface area contributed by atoms with Gasteiger partial charge in [-0.3, -0.25) is 9.36 Å². The molecule has 1 aliphatic heterocycles. The van der Waals surface area contributed by atoms with Crippen LogP contribution in [0.4, 0.5) is 4.39 Å². The zero-order valence-corrected chi connectivity index (χ0v) is 19.1. The van der Waals surface area contributed by atoms with Gasteiger partial charge >= 0.3 is 0 Å². The third kappa shape index (κ3) is 4.53. The highest BCUT2D eigenvalue weighted by Gasteiger charge is 2.22. The Balaban J connectivity index is 1.78. The molecule has 1 atom stereocenters. The van der Waals surface area contributed by atoms with Crippen LogP contribution in [-0.2, 0) is 6.54 Å². The summed E-state index contributed by atoms with van der Waals surface area (Å²) < 4.78 is 15.5. The number of hydrogen-bond acceptors (Lipinski definition) is 3. The summed E-state index contributed by atoms with van der Waals surface area (Å²) >= 11 is 5.97. The van der Waals surface area contributed by atoms with Crippen molar-refractivity contribution in [1.29, 1.82) is 0 Å². The van der Waals surface area contributed by atoms with Crippen LogP contribution in [0.3, 0.4) is 0 Å². The Morgan fingerprint density at radius 2 is 1.94 bits per heavy atom. The Bertz CT molecular complexity index is 1160. The number of aromatic nitrogens is 2. The summed E-state index contributed by atoms with van der Waals surface area (Å²) in [6.07, 6.45) is 2.30.